The number of rotatable bonds is 6. The van der Waals surface area contributed by atoms with Gasteiger partial charge in [0.2, 0.25) is 0 Å². The van der Waals surface area contributed by atoms with E-state index in [1.54, 1.807) is 0 Å². The van der Waals surface area contributed by atoms with Crippen LogP contribution in [0.3, 0.4) is 0 Å². The lowest BCUT2D eigenvalue weighted by molar-refractivity contribution is 0.204. The number of hydrogen-bond acceptors (Lipinski definition) is 4. The number of halogens is 1. The highest BCUT2D eigenvalue weighted by atomic mass is 35.5. The quantitative estimate of drug-likeness (QED) is 0.842. The van der Waals surface area contributed by atoms with Crippen molar-refractivity contribution in [2.75, 3.05) is 50.8 Å². The number of aliphatic hydroxyl groups is 1. The van der Waals surface area contributed by atoms with Crippen molar-refractivity contribution in [3.63, 3.8) is 0 Å². The average Bonchev–Trinajstić information content (AvgIpc) is 2.72. The van der Waals surface area contributed by atoms with E-state index < -0.39 is 0 Å². The second kappa shape index (κ2) is 8.59. The summed E-state index contributed by atoms with van der Waals surface area (Å²) in [7, 11) is 0. The predicted octanol–water partition coefficient (Wildman–Crippen LogP) is 1.95. The fraction of sp³-hybridized carbons (Fsp3) is 0.625. The third kappa shape index (κ3) is 4.85. The Morgan fingerprint density at radius 2 is 2.10 bits per heavy atom. The molecule has 2 rings (SSSR count). The fourth-order valence-corrected chi connectivity index (χ4v) is 2.98. The Morgan fingerprint density at radius 3 is 2.86 bits per heavy atom. The summed E-state index contributed by atoms with van der Waals surface area (Å²) in [6, 6.07) is 6.17. The Labute approximate surface area is 132 Å². The van der Waals surface area contributed by atoms with E-state index in [4.69, 9.17) is 16.7 Å². The second-order valence-electron chi connectivity index (χ2n) is 5.46. The molecule has 1 saturated heterocycles. The van der Waals surface area contributed by atoms with E-state index in [2.05, 4.69) is 34.2 Å². The van der Waals surface area contributed by atoms with Gasteiger partial charge >= 0.3 is 0 Å². The van der Waals surface area contributed by atoms with E-state index in [9.17, 15) is 0 Å². The molecule has 2 N–H and O–H groups in total. The molecule has 1 aromatic rings. The van der Waals surface area contributed by atoms with E-state index in [1.165, 1.54) is 11.3 Å². The zero-order valence-corrected chi connectivity index (χ0v) is 13.6. The summed E-state index contributed by atoms with van der Waals surface area (Å²) in [4.78, 5) is 4.75. The number of nitrogens with zero attached hydrogens (tertiary/aromatic N) is 2. The molecule has 0 unspecified atom stereocenters. The SMILES string of the molecule is CCNCc1ccc(Cl)cc1N1CCCN(CCO)CC1. The van der Waals surface area contributed by atoms with Gasteiger partial charge in [-0.05, 0) is 37.2 Å². The van der Waals surface area contributed by atoms with Crippen LogP contribution < -0.4 is 10.2 Å². The molecule has 4 nitrogen and oxygen atoms in total. The third-order valence-electron chi connectivity index (χ3n) is 3.96. The first-order valence-corrected chi connectivity index (χ1v) is 8.19. The van der Waals surface area contributed by atoms with Gasteiger partial charge in [-0.1, -0.05) is 24.6 Å². The van der Waals surface area contributed by atoms with Gasteiger partial charge in [0.05, 0.1) is 6.61 Å². The second-order valence-corrected chi connectivity index (χ2v) is 5.90. The molecule has 0 aliphatic carbocycles. The normalized spacial score (nSPS) is 17.0. The molecular formula is C16H26ClN3O. The largest absolute Gasteiger partial charge is 0.395 e. The van der Waals surface area contributed by atoms with Gasteiger partial charge in [-0.25, -0.2) is 0 Å². The Morgan fingerprint density at radius 1 is 1.24 bits per heavy atom. The number of anilines is 1. The van der Waals surface area contributed by atoms with Gasteiger partial charge in [-0.2, -0.15) is 0 Å². The summed E-state index contributed by atoms with van der Waals surface area (Å²) in [6.45, 7) is 9.05. The van der Waals surface area contributed by atoms with Crippen molar-refractivity contribution in [1.82, 2.24) is 10.2 Å². The van der Waals surface area contributed by atoms with Crippen LogP contribution in [-0.2, 0) is 6.54 Å². The molecule has 1 fully saturated rings. The van der Waals surface area contributed by atoms with E-state index in [0.29, 0.717) is 0 Å². The summed E-state index contributed by atoms with van der Waals surface area (Å²) in [6.07, 6.45) is 1.12. The van der Waals surface area contributed by atoms with Crippen LogP contribution in [0.25, 0.3) is 0 Å². The standard InChI is InChI=1S/C16H26ClN3O/c1-2-18-13-14-4-5-15(17)12-16(14)20-7-3-6-19(8-9-20)10-11-21/h4-5,12,18,21H,2-3,6-11,13H2,1H3. The number of benzene rings is 1. The molecule has 5 heteroatoms. The van der Waals surface area contributed by atoms with Gasteiger partial charge in [0, 0.05) is 43.4 Å². The third-order valence-corrected chi connectivity index (χ3v) is 4.19. The molecule has 0 radical (unpaired) electrons. The molecule has 118 valence electrons. The lowest BCUT2D eigenvalue weighted by Crippen LogP contribution is -2.33. The average molecular weight is 312 g/mol. The van der Waals surface area contributed by atoms with Crippen molar-refractivity contribution >= 4 is 17.3 Å². The van der Waals surface area contributed by atoms with E-state index >= 15 is 0 Å². The first-order valence-electron chi connectivity index (χ1n) is 7.82. The zero-order chi connectivity index (χ0) is 15.1. The smallest absolute Gasteiger partial charge is 0.0558 e. The molecule has 0 aromatic heterocycles. The summed E-state index contributed by atoms with van der Waals surface area (Å²) in [5, 5.41) is 13.3. The first-order chi connectivity index (χ1) is 10.2. The van der Waals surface area contributed by atoms with Crippen LogP contribution in [0, 0.1) is 0 Å². The monoisotopic (exact) mass is 311 g/mol. The van der Waals surface area contributed by atoms with E-state index in [-0.39, 0.29) is 6.61 Å². The molecule has 0 amide bonds. The number of hydrogen-bond donors (Lipinski definition) is 2. The van der Waals surface area contributed by atoms with E-state index in [0.717, 1.165) is 57.3 Å². The van der Waals surface area contributed by atoms with Gasteiger partial charge in [0.15, 0.2) is 0 Å². The highest BCUT2D eigenvalue weighted by molar-refractivity contribution is 6.30. The van der Waals surface area contributed by atoms with Crippen LogP contribution in [0.4, 0.5) is 5.69 Å². The fourth-order valence-electron chi connectivity index (χ4n) is 2.82. The molecule has 1 aliphatic rings. The highest BCUT2D eigenvalue weighted by Gasteiger charge is 2.17. The van der Waals surface area contributed by atoms with Gasteiger partial charge in [0.25, 0.3) is 0 Å². The molecule has 0 spiro atoms. The van der Waals surface area contributed by atoms with Gasteiger partial charge in [0.1, 0.15) is 0 Å². The van der Waals surface area contributed by atoms with E-state index in [1.807, 2.05) is 6.07 Å². The van der Waals surface area contributed by atoms with Gasteiger partial charge in [-0.15, -0.1) is 0 Å². The zero-order valence-electron chi connectivity index (χ0n) is 12.8. The number of β-amino-alcohol motifs (C(OH)–C–C–N with tert-alkyl or cyclic N) is 1. The maximum atomic E-state index is 9.09. The van der Waals surface area contributed by atoms with Crippen LogP contribution >= 0.6 is 11.6 Å². The molecule has 1 aromatic carbocycles. The topological polar surface area (TPSA) is 38.7 Å². The van der Waals surface area contributed by atoms with Gasteiger partial charge < -0.3 is 15.3 Å². The maximum absolute atomic E-state index is 9.09. The lowest BCUT2D eigenvalue weighted by Gasteiger charge is -2.26. The molecular weight excluding hydrogens is 286 g/mol. The van der Waals surface area contributed by atoms with Crippen molar-refractivity contribution in [3.8, 4) is 0 Å². The van der Waals surface area contributed by atoms with Crippen molar-refractivity contribution in [2.45, 2.75) is 19.9 Å². The van der Waals surface area contributed by atoms with Crippen LogP contribution in [0.1, 0.15) is 18.9 Å². The molecule has 0 bridgehead atoms. The maximum Gasteiger partial charge on any atom is 0.0558 e. The van der Waals surface area contributed by atoms with Crippen molar-refractivity contribution in [3.05, 3.63) is 28.8 Å². The van der Waals surface area contributed by atoms with Crippen LogP contribution in [0.2, 0.25) is 5.02 Å². The predicted molar refractivity (Wildman–Crippen MR) is 89.2 cm³/mol. The first kappa shape index (κ1) is 16.6. The minimum absolute atomic E-state index is 0.239. The molecule has 0 atom stereocenters. The molecule has 1 heterocycles. The Balaban J connectivity index is 2.10. The minimum Gasteiger partial charge on any atom is -0.395 e. The molecule has 1 aliphatic heterocycles. The summed E-state index contributed by atoms with van der Waals surface area (Å²) < 4.78 is 0. The van der Waals surface area contributed by atoms with Crippen LogP contribution in [0.5, 0.6) is 0 Å². The molecule has 0 saturated carbocycles. The van der Waals surface area contributed by atoms with Crippen LogP contribution in [-0.4, -0.2) is 55.9 Å². The Hall–Kier alpha value is -0.810. The lowest BCUT2D eigenvalue weighted by atomic mass is 10.1. The van der Waals surface area contributed by atoms with Crippen molar-refractivity contribution < 1.29 is 5.11 Å². The number of aliphatic hydroxyl groups excluding tert-OH is 1. The summed E-state index contributed by atoms with van der Waals surface area (Å²) >= 11 is 6.20. The summed E-state index contributed by atoms with van der Waals surface area (Å²) in [5.74, 6) is 0. The Kier molecular flexibility index (Phi) is 6.77. The number of nitrogens with one attached hydrogen (secondary N) is 1. The van der Waals surface area contributed by atoms with Gasteiger partial charge in [-0.3, -0.25) is 4.90 Å². The Bertz CT molecular complexity index is 442. The summed E-state index contributed by atoms with van der Waals surface area (Å²) in [5.41, 5.74) is 2.55. The minimum atomic E-state index is 0.239. The van der Waals surface area contributed by atoms with Crippen molar-refractivity contribution in [1.29, 1.82) is 0 Å². The van der Waals surface area contributed by atoms with Crippen molar-refractivity contribution in [2.24, 2.45) is 0 Å². The van der Waals surface area contributed by atoms with Crippen LogP contribution in [0.15, 0.2) is 18.2 Å². The highest BCUT2D eigenvalue weighted by Crippen LogP contribution is 2.26. The molecule has 21 heavy (non-hydrogen) atoms.